The van der Waals surface area contributed by atoms with Crippen molar-refractivity contribution in [3.05, 3.63) is 65.0 Å². The quantitative estimate of drug-likeness (QED) is 0.225. The number of rotatable bonds is 7. The molecule has 1 amide bonds. The van der Waals surface area contributed by atoms with Crippen LogP contribution in [-0.4, -0.2) is 104 Å². The Hall–Kier alpha value is -2.95. The number of hydrogen-bond donors (Lipinski definition) is 1. The molecular weight excluding hydrogens is 548 g/mol. The van der Waals surface area contributed by atoms with Gasteiger partial charge in [-0.15, -0.1) is 0 Å². The molecule has 9 nitrogen and oxygen atoms in total. The first kappa shape index (κ1) is 30.5. The van der Waals surface area contributed by atoms with E-state index in [-0.39, 0.29) is 17.4 Å². The molecule has 0 unspecified atom stereocenters. The molecule has 3 saturated heterocycles. The third-order valence-electron chi connectivity index (χ3n) is 10.1. The fourth-order valence-corrected chi connectivity index (χ4v) is 8.03. The van der Waals surface area contributed by atoms with Crippen molar-refractivity contribution in [1.29, 1.82) is 0 Å². The van der Waals surface area contributed by atoms with Crippen molar-refractivity contribution in [3.8, 4) is 0 Å². The molecule has 0 atom stereocenters. The van der Waals surface area contributed by atoms with E-state index in [9.17, 15) is 13.2 Å². The lowest BCUT2D eigenvalue weighted by molar-refractivity contribution is -0.128. The SMILES string of the molecule is C=C(/C(C)=C(\N=C/N)C(=O)N1CCC(N2CCC(N(C)S(C)(=O)=O)CC2)CC1)N1CCC2(C=Cc3ccccc32)CC1. The van der Waals surface area contributed by atoms with Gasteiger partial charge in [0.1, 0.15) is 5.70 Å². The number of likely N-dealkylation sites (tertiary alicyclic amines) is 3. The van der Waals surface area contributed by atoms with Gasteiger partial charge in [-0.1, -0.05) is 43.0 Å². The number of allylic oxidation sites excluding steroid dienone is 2. The molecule has 1 spiro atoms. The first-order valence-electron chi connectivity index (χ1n) is 15.2. The second-order valence-corrected chi connectivity index (χ2v) is 14.4. The lowest BCUT2D eigenvalue weighted by Crippen LogP contribution is -2.52. The molecule has 0 aromatic heterocycles. The van der Waals surface area contributed by atoms with Gasteiger partial charge in [0.25, 0.3) is 5.91 Å². The molecule has 10 heteroatoms. The summed E-state index contributed by atoms with van der Waals surface area (Å²) in [6.07, 6.45) is 12.6. The van der Waals surface area contributed by atoms with E-state index in [1.807, 2.05) is 11.8 Å². The number of benzene rings is 1. The van der Waals surface area contributed by atoms with Gasteiger partial charge in [0.05, 0.1) is 12.6 Å². The predicted molar refractivity (Wildman–Crippen MR) is 169 cm³/mol. The topological polar surface area (TPSA) is 103 Å². The number of carbonyl (C=O) groups is 1. The first-order chi connectivity index (χ1) is 20.0. The summed E-state index contributed by atoms with van der Waals surface area (Å²) in [6, 6.07) is 9.12. The maximum Gasteiger partial charge on any atom is 0.272 e. The van der Waals surface area contributed by atoms with Crippen LogP contribution in [0.3, 0.4) is 0 Å². The van der Waals surface area contributed by atoms with Crippen molar-refractivity contribution in [3.63, 3.8) is 0 Å². The zero-order valence-electron chi connectivity index (χ0n) is 25.3. The van der Waals surface area contributed by atoms with Crippen molar-refractivity contribution in [2.75, 3.05) is 52.6 Å². The van der Waals surface area contributed by atoms with Crippen LogP contribution in [0.5, 0.6) is 0 Å². The summed E-state index contributed by atoms with van der Waals surface area (Å²) in [4.78, 5) is 24.7. The van der Waals surface area contributed by atoms with Gasteiger partial charge in [-0.2, -0.15) is 0 Å². The summed E-state index contributed by atoms with van der Waals surface area (Å²) in [5.74, 6) is -0.0941. The molecule has 3 heterocycles. The van der Waals surface area contributed by atoms with E-state index >= 15 is 0 Å². The summed E-state index contributed by atoms with van der Waals surface area (Å²) in [7, 11) is -1.50. The Balaban J connectivity index is 1.17. The molecule has 2 N–H and O–H groups in total. The number of amides is 1. The predicted octanol–water partition coefficient (Wildman–Crippen LogP) is 3.17. The maximum absolute atomic E-state index is 13.7. The van der Waals surface area contributed by atoms with Crippen LogP contribution < -0.4 is 5.73 Å². The zero-order chi connectivity index (χ0) is 30.1. The average Bonchev–Trinajstić information content (AvgIpc) is 3.36. The third kappa shape index (κ3) is 6.07. The average molecular weight is 595 g/mol. The van der Waals surface area contributed by atoms with Crippen molar-refractivity contribution < 1.29 is 13.2 Å². The summed E-state index contributed by atoms with van der Waals surface area (Å²) < 4.78 is 25.4. The number of hydrogen-bond acceptors (Lipinski definition) is 6. The van der Waals surface area contributed by atoms with Crippen molar-refractivity contribution in [2.24, 2.45) is 10.7 Å². The summed E-state index contributed by atoms with van der Waals surface area (Å²) in [5, 5.41) is 0. The minimum absolute atomic E-state index is 0.0617. The number of nitrogens with two attached hydrogens (primary N) is 1. The Morgan fingerprint density at radius 3 is 2.31 bits per heavy atom. The van der Waals surface area contributed by atoms with E-state index in [2.05, 4.69) is 57.8 Å². The van der Waals surface area contributed by atoms with Gasteiger partial charge >= 0.3 is 0 Å². The van der Waals surface area contributed by atoms with E-state index in [1.54, 1.807) is 7.05 Å². The Morgan fingerprint density at radius 1 is 1.05 bits per heavy atom. The van der Waals surface area contributed by atoms with Crippen LogP contribution >= 0.6 is 0 Å². The second-order valence-electron chi connectivity index (χ2n) is 12.3. The fraction of sp³-hybridized carbons (Fsp3) is 0.562. The Labute approximate surface area is 251 Å². The van der Waals surface area contributed by atoms with E-state index < -0.39 is 10.0 Å². The Bertz CT molecular complexity index is 1380. The Morgan fingerprint density at radius 2 is 1.69 bits per heavy atom. The monoisotopic (exact) mass is 594 g/mol. The van der Waals surface area contributed by atoms with Gasteiger partial charge < -0.3 is 20.4 Å². The van der Waals surface area contributed by atoms with Gasteiger partial charge in [0, 0.05) is 62.0 Å². The number of aliphatic imine (C=N–C) groups is 1. The highest BCUT2D eigenvalue weighted by Gasteiger charge is 2.39. The third-order valence-corrected chi connectivity index (χ3v) is 11.5. The van der Waals surface area contributed by atoms with Crippen LogP contribution in [0.15, 0.2) is 58.9 Å². The molecule has 0 bridgehead atoms. The lowest BCUT2D eigenvalue weighted by atomic mass is 9.74. The van der Waals surface area contributed by atoms with Gasteiger partial charge in [-0.25, -0.2) is 17.7 Å². The van der Waals surface area contributed by atoms with Crippen LogP contribution in [-0.2, 0) is 20.2 Å². The second kappa shape index (κ2) is 12.3. The first-order valence-corrected chi connectivity index (χ1v) is 17.0. The highest BCUT2D eigenvalue weighted by molar-refractivity contribution is 7.88. The molecule has 1 aromatic rings. The molecule has 3 fully saturated rings. The van der Waals surface area contributed by atoms with Crippen LogP contribution in [0.4, 0.5) is 0 Å². The van der Waals surface area contributed by atoms with Gasteiger partial charge in [0.15, 0.2) is 0 Å². The zero-order valence-corrected chi connectivity index (χ0v) is 26.2. The molecule has 1 aromatic carbocycles. The Kier molecular flexibility index (Phi) is 8.97. The van der Waals surface area contributed by atoms with Gasteiger partial charge in [0.2, 0.25) is 10.0 Å². The number of piperidine rings is 3. The van der Waals surface area contributed by atoms with Crippen molar-refractivity contribution >= 4 is 28.3 Å². The molecule has 5 rings (SSSR count). The van der Waals surface area contributed by atoms with Crippen LogP contribution in [0, 0.1) is 0 Å². The van der Waals surface area contributed by atoms with Crippen molar-refractivity contribution in [2.45, 2.75) is 62.9 Å². The molecule has 3 aliphatic heterocycles. The number of nitrogens with zero attached hydrogens (tertiary/aromatic N) is 5. The highest BCUT2D eigenvalue weighted by atomic mass is 32.2. The van der Waals surface area contributed by atoms with Gasteiger partial charge in [-0.3, -0.25) is 4.79 Å². The number of carbonyl (C=O) groups excluding carboxylic acids is 1. The number of sulfonamides is 1. The van der Waals surface area contributed by atoms with E-state index in [0.717, 1.165) is 76.0 Å². The van der Waals surface area contributed by atoms with E-state index in [4.69, 9.17) is 5.73 Å². The smallest absolute Gasteiger partial charge is 0.272 e. The summed E-state index contributed by atoms with van der Waals surface area (Å²) in [5.41, 5.74) is 10.5. The van der Waals surface area contributed by atoms with E-state index in [1.165, 1.54) is 28.0 Å². The lowest BCUT2D eigenvalue weighted by Gasteiger charge is -2.43. The molecule has 228 valence electrons. The fourth-order valence-electron chi connectivity index (χ4n) is 7.28. The molecule has 4 aliphatic rings. The molecule has 42 heavy (non-hydrogen) atoms. The van der Waals surface area contributed by atoms with Crippen LogP contribution in [0.2, 0.25) is 0 Å². The minimum Gasteiger partial charge on any atom is -0.390 e. The summed E-state index contributed by atoms with van der Waals surface area (Å²) >= 11 is 0. The van der Waals surface area contributed by atoms with Crippen molar-refractivity contribution in [1.82, 2.24) is 19.0 Å². The highest BCUT2D eigenvalue weighted by Crippen LogP contribution is 2.44. The van der Waals surface area contributed by atoms with Crippen LogP contribution in [0.25, 0.3) is 6.08 Å². The molecular formula is C32H46N6O3S. The van der Waals surface area contributed by atoms with Gasteiger partial charge in [-0.05, 0) is 69.7 Å². The standard InChI is InChI=1S/C32H46N6O3S/c1-24(25(2)36-21-15-32(16-22-36)14-9-26-7-5-6-8-29(26)32)30(34-23-33)31(39)38-19-12-28(13-20-38)37-17-10-27(11-18-37)35(3)42(4,40)41/h5-9,14,23,27-28H,2,10-13,15-22H2,1,3-4H3,(H2,33,34)/b30-24-. The molecule has 1 aliphatic carbocycles. The maximum atomic E-state index is 13.7. The largest absolute Gasteiger partial charge is 0.390 e. The van der Waals surface area contributed by atoms with Crippen LogP contribution in [0.1, 0.15) is 56.6 Å². The number of fused-ring (bicyclic) bond motifs is 2. The molecule has 0 radical (unpaired) electrons. The normalized spacial score (nSPS) is 22.7. The minimum atomic E-state index is -3.18. The summed E-state index contributed by atoms with van der Waals surface area (Å²) in [6.45, 7) is 11.1. The molecule has 0 saturated carbocycles. The van der Waals surface area contributed by atoms with E-state index in [0.29, 0.717) is 24.8 Å².